The van der Waals surface area contributed by atoms with E-state index in [0.717, 1.165) is 37.7 Å². The molecule has 0 aromatic heterocycles. The van der Waals surface area contributed by atoms with Gasteiger partial charge in [-0.25, -0.2) is 0 Å². The topological polar surface area (TPSA) is 38.3 Å². The fourth-order valence-corrected chi connectivity index (χ4v) is 2.38. The van der Waals surface area contributed by atoms with Crippen LogP contribution in [0.5, 0.6) is 0 Å². The number of hydrogen-bond donors (Lipinski definition) is 1. The molecule has 1 amide bonds. The molecule has 1 saturated heterocycles. The first-order valence-electron chi connectivity index (χ1n) is 5.69. The SMILES string of the molecule is CCC(CCBr)CNC(=O)C1CCOC1. The van der Waals surface area contributed by atoms with Crippen LogP contribution in [-0.2, 0) is 9.53 Å². The van der Waals surface area contributed by atoms with E-state index in [2.05, 4.69) is 28.2 Å². The Morgan fingerprint density at radius 1 is 1.67 bits per heavy atom. The van der Waals surface area contributed by atoms with Gasteiger partial charge in [0.05, 0.1) is 12.5 Å². The van der Waals surface area contributed by atoms with Gasteiger partial charge in [0.2, 0.25) is 5.91 Å². The summed E-state index contributed by atoms with van der Waals surface area (Å²) in [5.74, 6) is 0.850. The van der Waals surface area contributed by atoms with Crippen molar-refractivity contribution in [2.45, 2.75) is 26.2 Å². The number of hydrogen-bond acceptors (Lipinski definition) is 2. The van der Waals surface area contributed by atoms with Gasteiger partial charge in [-0.15, -0.1) is 0 Å². The van der Waals surface area contributed by atoms with Crippen LogP contribution >= 0.6 is 15.9 Å². The second-order valence-electron chi connectivity index (χ2n) is 4.06. The maximum absolute atomic E-state index is 11.7. The van der Waals surface area contributed by atoms with Gasteiger partial charge in [-0.05, 0) is 18.8 Å². The third-order valence-corrected chi connectivity index (χ3v) is 3.42. The molecule has 0 aromatic carbocycles. The minimum absolute atomic E-state index is 0.0893. The molecule has 4 heteroatoms. The van der Waals surface area contributed by atoms with Gasteiger partial charge in [0.15, 0.2) is 0 Å². The Kier molecular flexibility index (Phi) is 6.25. The molecule has 0 bridgehead atoms. The summed E-state index contributed by atoms with van der Waals surface area (Å²) in [6.45, 7) is 4.30. The normalized spacial score (nSPS) is 22.7. The lowest BCUT2D eigenvalue weighted by Crippen LogP contribution is -2.34. The summed E-state index contributed by atoms with van der Waals surface area (Å²) in [5, 5.41) is 4.03. The third kappa shape index (κ3) is 4.51. The molecule has 1 N–H and O–H groups in total. The Morgan fingerprint density at radius 2 is 2.47 bits per heavy atom. The molecular weight excluding hydrogens is 258 g/mol. The summed E-state index contributed by atoms with van der Waals surface area (Å²) >= 11 is 3.43. The minimum Gasteiger partial charge on any atom is -0.381 e. The Bertz CT molecular complexity index is 193. The van der Waals surface area contributed by atoms with Crippen LogP contribution in [0.3, 0.4) is 0 Å². The third-order valence-electron chi connectivity index (χ3n) is 2.96. The van der Waals surface area contributed by atoms with Gasteiger partial charge < -0.3 is 10.1 Å². The van der Waals surface area contributed by atoms with Gasteiger partial charge in [0.25, 0.3) is 0 Å². The minimum atomic E-state index is 0.0893. The number of ether oxygens (including phenoxy) is 1. The van der Waals surface area contributed by atoms with Gasteiger partial charge in [0.1, 0.15) is 0 Å². The van der Waals surface area contributed by atoms with E-state index in [1.165, 1.54) is 0 Å². The summed E-state index contributed by atoms with van der Waals surface area (Å²) in [6, 6.07) is 0. The fourth-order valence-electron chi connectivity index (χ4n) is 1.74. The lowest BCUT2D eigenvalue weighted by molar-refractivity contribution is -0.125. The van der Waals surface area contributed by atoms with Crippen molar-refractivity contribution in [1.29, 1.82) is 0 Å². The number of carbonyl (C=O) groups is 1. The Morgan fingerprint density at radius 3 is 3.00 bits per heavy atom. The van der Waals surface area contributed by atoms with Crippen molar-refractivity contribution < 1.29 is 9.53 Å². The molecule has 0 saturated carbocycles. The van der Waals surface area contributed by atoms with Gasteiger partial charge in [0, 0.05) is 18.5 Å². The molecule has 3 nitrogen and oxygen atoms in total. The first-order chi connectivity index (χ1) is 7.27. The quantitative estimate of drug-likeness (QED) is 0.754. The van der Waals surface area contributed by atoms with Gasteiger partial charge in [-0.3, -0.25) is 4.79 Å². The Hall–Kier alpha value is -0.0900. The van der Waals surface area contributed by atoms with Crippen LogP contribution in [0.25, 0.3) is 0 Å². The molecule has 1 aliphatic heterocycles. The zero-order valence-corrected chi connectivity index (χ0v) is 10.9. The second-order valence-corrected chi connectivity index (χ2v) is 4.85. The summed E-state index contributed by atoms with van der Waals surface area (Å²) < 4.78 is 5.19. The average Bonchev–Trinajstić information content (AvgIpc) is 2.77. The molecule has 0 aliphatic carbocycles. The molecular formula is C11H20BrNO2. The zero-order valence-electron chi connectivity index (χ0n) is 9.30. The van der Waals surface area contributed by atoms with E-state index in [0.29, 0.717) is 12.5 Å². The summed E-state index contributed by atoms with van der Waals surface area (Å²) in [7, 11) is 0. The molecule has 88 valence electrons. The molecule has 0 spiro atoms. The smallest absolute Gasteiger partial charge is 0.225 e. The van der Waals surface area contributed by atoms with E-state index < -0.39 is 0 Å². The molecule has 0 radical (unpaired) electrons. The van der Waals surface area contributed by atoms with Crippen molar-refractivity contribution in [2.24, 2.45) is 11.8 Å². The van der Waals surface area contributed by atoms with Crippen molar-refractivity contribution in [2.75, 3.05) is 25.1 Å². The number of carbonyl (C=O) groups excluding carboxylic acids is 1. The number of rotatable bonds is 6. The van der Waals surface area contributed by atoms with Crippen LogP contribution in [0.15, 0.2) is 0 Å². The summed E-state index contributed by atoms with van der Waals surface area (Å²) in [5.41, 5.74) is 0. The van der Waals surface area contributed by atoms with Gasteiger partial charge in [-0.1, -0.05) is 29.3 Å². The highest BCUT2D eigenvalue weighted by Gasteiger charge is 2.23. The van der Waals surface area contributed by atoms with E-state index in [-0.39, 0.29) is 11.8 Å². The number of nitrogens with one attached hydrogen (secondary N) is 1. The zero-order chi connectivity index (χ0) is 11.1. The first kappa shape index (κ1) is 13.0. The Balaban J connectivity index is 2.19. The van der Waals surface area contributed by atoms with Crippen LogP contribution in [0.1, 0.15) is 26.2 Å². The van der Waals surface area contributed by atoms with E-state index in [4.69, 9.17) is 4.74 Å². The van der Waals surface area contributed by atoms with Crippen molar-refractivity contribution in [3.8, 4) is 0 Å². The van der Waals surface area contributed by atoms with Crippen molar-refractivity contribution in [1.82, 2.24) is 5.32 Å². The van der Waals surface area contributed by atoms with E-state index >= 15 is 0 Å². The summed E-state index contributed by atoms with van der Waals surface area (Å²) in [4.78, 5) is 11.7. The Labute approximate surface area is 100 Å². The molecule has 1 rings (SSSR count). The maximum atomic E-state index is 11.7. The number of alkyl halides is 1. The predicted octanol–water partition coefficient (Wildman–Crippen LogP) is 1.95. The standard InChI is InChI=1S/C11H20BrNO2/c1-2-9(3-5-12)7-13-11(14)10-4-6-15-8-10/h9-10H,2-8H2,1H3,(H,13,14). The van der Waals surface area contributed by atoms with Crippen LogP contribution in [0, 0.1) is 11.8 Å². The van der Waals surface area contributed by atoms with Crippen LogP contribution in [-0.4, -0.2) is 31.0 Å². The molecule has 1 fully saturated rings. The van der Waals surface area contributed by atoms with Gasteiger partial charge >= 0.3 is 0 Å². The van der Waals surface area contributed by atoms with Crippen molar-refractivity contribution in [3.63, 3.8) is 0 Å². The lowest BCUT2D eigenvalue weighted by Gasteiger charge is -2.15. The van der Waals surface area contributed by atoms with Crippen LogP contribution < -0.4 is 5.32 Å². The highest BCUT2D eigenvalue weighted by Crippen LogP contribution is 2.13. The van der Waals surface area contributed by atoms with E-state index in [1.807, 2.05) is 0 Å². The lowest BCUT2D eigenvalue weighted by atomic mass is 10.0. The second kappa shape index (κ2) is 7.23. The predicted molar refractivity (Wildman–Crippen MR) is 64.1 cm³/mol. The molecule has 0 aromatic rings. The highest BCUT2D eigenvalue weighted by atomic mass is 79.9. The van der Waals surface area contributed by atoms with E-state index in [1.54, 1.807) is 0 Å². The van der Waals surface area contributed by atoms with Crippen LogP contribution in [0.4, 0.5) is 0 Å². The average molecular weight is 278 g/mol. The molecule has 1 heterocycles. The largest absolute Gasteiger partial charge is 0.381 e. The fraction of sp³-hybridized carbons (Fsp3) is 0.909. The van der Waals surface area contributed by atoms with Crippen molar-refractivity contribution >= 4 is 21.8 Å². The first-order valence-corrected chi connectivity index (χ1v) is 6.81. The molecule has 2 atom stereocenters. The molecule has 15 heavy (non-hydrogen) atoms. The van der Waals surface area contributed by atoms with Crippen molar-refractivity contribution in [3.05, 3.63) is 0 Å². The monoisotopic (exact) mass is 277 g/mol. The number of amides is 1. The van der Waals surface area contributed by atoms with Crippen LogP contribution in [0.2, 0.25) is 0 Å². The molecule has 2 unspecified atom stereocenters. The summed E-state index contributed by atoms with van der Waals surface area (Å²) in [6.07, 6.45) is 3.12. The van der Waals surface area contributed by atoms with E-state index in [9.17, 15) is 4.79 Å². The highest BCUT2D eigenvalue weighted by molar-refractivity contribution is 9.09. The maximum Gasteiger partial charge on any atom is 0.225 e. The molecule has 1 aliphatic rings. The van der Waals surface area contributed by atoms with Gasteiger partial charge in [-0.2, -0.15) is 0 Å². The number of halogens is 1.